The number of carbonyl (C=O) groups excluding carboxylic acids is 2. The SMILES string of the molecule is CC(C)C(O)CN1C(=O)CC(c2ccccc2)C1=O. The van der Waals surface area contributed by atoms with E-state index in [-0.39, 0.29) is 30.7 Å². The van der Waals surface area contributed by atoms with Crippen LogP contribution in [-0.4, -0.2) is 34.5 Å². The average molecular weight is 261 g/mol. The van der Waals surface area contributed by atoms with E-state index < -0.39 is 12.0 Å². The Labute approximate surface area is 113 Å². The number of amides is 2. The number of nitrogens with zero attached hydrogens (tertiary/aromatic N) is 1. The lowest BCUT2D eigenvalue weighted by molar-refractivity contribution is -0.140. The third-order valence-electron chi connectivity index (χ3n) is 3.59. The molecule has 102 valence electrons. The number of aliphatic hydroxyl groups is 1. The number of hydrogen-bond acceptors (Lipinski definition) is 3. The van der Waals surface area contributed by atoms with Crippen LogP contribution in [0.2, 0.25) is 0 Å². The number of benzene rings is 1. The fraction of sp³-hybridized carbons (Fsp3) is 0.467. The van der Waals surface area contributed by atoms with Gasteiger partial charge in [0.1, 0.15) is 0 Å². The van der Waals surface area contributed by atoms with Crippen molar-refractivity contribution in [3.8, 4) is 0 Å². The molecule has 1 aliphatic rings. The molecule has 2 unspecified atom stereocenters. The maximum atomic E-state index is 12.3. The molecule has 0 bridgehead atoms. The second-order valence-electron chi connectivity index (χ2n) is 5.32. The van der Waals surface area contributed by atoms with Crippen molar-refractivity contribution in [2.75, 3.05) is 6.54 Å². The van der Waals surface area contributed by atoms with Crippen molar-refractivity contribution in [3.05, 3.63) is 35.9 Å². The van der Waals surface area contributed by atoms with Gasteiger partial charge in [-0.1, -0.05) is 44.2 Å². The Morgan fingerprint density at radius 1 is 1.26 bits per heavy atom. The van der Waals surface area contributed by atoms with Crippen molar-refractivity contribution < 1.29 is 14.7 Å². The van der Waals surface area contributed by atoms with Crippen LogP contribution in [0, 0.1) is 5.92 Å². The molecule has 1 heterocycles. The summed E-state index contributed by atoms with van der Waals surface area (Å²) in [5, 5.41) is 9.83. The normalized spacial score (nSPS) is 21.3. The summed E-state index contributed by atoms with van der Waals surface area (Å²) in [6.45, 7) is 3.83. The number of hydrogen-bond donors (Lipinski definition) is 1. The van der Waals surface area contributed by atoms with E-state index in [0.29, 0.717) is 0 Å². The number of aliphatic hydroxyl groups excluding tert-OH is 1. The molecule has 19 heavy (non-hydrogen) atoms. The number of carbonyl (C=O) groups is 2. The van der Waals surface area contributed by atoms with Gasteiger partial charge in [-0.15, -0.1) is 0 Å². The Morgan fingerprint density at radius 3 is 2.47 bits per heavy atom. The molecule has 2 rings (SSSR count). The van der Waals surface area contributed by atoms with Crippen molar-refractivity contribution in [3.63, 3.8) is 0 Å². The van der Waals surface area contributed by atoms with E-state index in [1.54, 1.807) is 0 Å². The van der Waals surface area contributed by atoms with Crippen molar-refractivity contribution in [1.82, 2.24) is 4.90 Å². The lowest BCUT2D eigenvalue weighted by atomic mass is 9.98. The highest BCUT2D eigenvalue weighted by atomic mass is 16.3. The molecule has 4 nitrogen and oxygen atoms in total. The monoisotopic (exact) mass is 261 g/mol. The van der Waals surface area contributed by atoms with Gasteiger partial charge in [-0.2, -0.15) is 0 Å². The fourth-order valence-electron chi connectivity index (χ4n) is 2.22. The number of imide groups is 1. The maximum absolute atomic E-state index is 12.3. The molecular formula is C15H19NO3. The molecule has 0 aromatic heterocycles. The highest BCUT2D eigenvalue weighted by Gasteiger charge is 2.40. The summed E-state index contributed by atoms with van der Waals surface area (Å²) >= 11 is 0. The Balaban J connectivity index is 2.13. The van der Waals surface area contributed by atoms with Crippen LogP contribution in [0.15, 0.2) is 30.3 Å². The molecule has 0 aliphatic carbocycles. The van der Waals surface area contributed by atoms with Crippen LogP contribution in [0.3, 0.4) is 0 Å². The molecule has 4 heteroatoms. The van der Waals surface area contributed by atoms with Gasteiger partial charge >= 0.3 is 0 Å². The van der Waals surface area contributed by atoms with Crippen LogP contribution >= 0.6 is 0 Å². The van der Waals surface area contributed by atoms with E-state index in [0.717, 1.165) is 5.56 Å². The van der Waals surface area contributed by atoms with E-state index >= 15 is 0 Å². The number of rotatable bonds is 4. The third-order valence-corrected chi connectivity index (χ3v) is 3.59. The highest BCUT2D eigenvalue weighted by Crippen LogP contribution is 2.29. The van der Waals surface area contributed by atoms with Crippen LogP contribution in [0.1, 0.15) is 31.7 Å². The number of likely N-dealkylation sites (tertiary alicyclic amines) is 1. The van der Waals surface area contributed by atoms with E-state index in [2.05, 4.69) is 0 Å². The van der Waals surface area contributed by atoms with Crippen LogP contribution in [0.4, 0.5) is 0 Å². The van der Waals surface area contributed by atoms with Crippen molar-refractivity contribution in [2.45, 2.75) is 32.3 Å². The Bertz CT molecular complexity index is 470. The summed E-state index contributed by atoms with van der Waals surface area (Å²) in [5.74, 6) is -0.765. The van der Waals surface area contributed by atoms with Gasteiger partial charge in [-0.25, -0.2) is 0 Å². The molecular weight excluding hydrogens is 242 g/mol. The average Bonchev–Trinajstić information content (AvgIpc) is 2.67. The summed E-state index contributed by atoms with van der Waals surface area (Å²) < 4.78 is 0. The first-order valence-corrected chi connectivity index (χ1v) is 6.58. The molecule has 0 spiro atoms. The number of β-amino-alcohol motifs (C(OH)–C–C–N with tert-alkyl or cyclic N) is 1. The Hall–Kier alpha value is -1.68. The van der Waals surface area contributed by atoms with Crippen molar-refractivity contribution >= 4 is 11.8 Å². The smallest absolute Gasteiger partial charge is 0.237 e. The molecule has 0 radical (unpaired) electrons. The molecule has 2 atom stereocenters. The fourth-order valence-corrected chi connectivity index (χ4v) is 2.22. The largest absolute Gasteiger partial charge is 0.391 e. The minimum absolute atomic E-state index is 0.0244. The van der Waals surface area contributed by atoms with Gasteiger partial charge in [-0.05, 0) is 11.5 Å². The van der Waals surface area contributed by atoms with Gasteiger partial charge < -0.3 is 5.11 Å². The minimum Gasteiger partial charge on any atom is -0.391 e. The summed E-state index contributed by atoms with van der Waals surface area (Å²) in [7, 11) is 0. The predicted molar refractivity (Wildman–Crippen MR) is 71.4 cm³/mol. The molecule has 1 aromatic rings. The lowest BCUT2D eigenvalue weighted by Gasteiger charge is -2.21. The van der Waals surface area contributed by atoms with Gasteiger partial charge in [0, 0.05) is 6.42 Å². The molecule has 0 saturated carbocycles. The van der Waals surface area contributed by atoms with Gasteiger partial charge in [0.25, 0.3) is 0 Å². The molecule has 1 aromatic carbocycles. The summed E-state index contributed by atoms with van der Waals surface area (Å²) in [5.41, 5.74) is 0.863. The Kier molecular flexibility index (Phi) is 4.00. The first-order chi connectivity index (χ1) is 9.00. The maximum Gasteiger partial charge on any atom is 0.237 e. The van der Waals surface area contributed by atoms with Crippen molar-refractivity contribution in [2.24, 2.45) is 5.92 Å². The first kappa shape index (κ1) is 13.7. The van der Waals surface area contributed by atoms with Gasteiger partial charge in [-0.3, -0.25) is 14.5 Å². The van der Waals surface area contributed by atoms with Crippen LogP contribution in [-0.2, 0) is 9.59 Å². The van der Waals surface area contributed by atoms with Crippen LogP contribution in [0.5, 0.6) is 0 Å². The third kappa shape index (κ3) is 2.84. The van der Waals surface area contributed by atoms with E-state index in [4.69, 9.17) is 0 Å². The molecule has 1 fully saturated rings. The quantitative estimate of drug-likeness (QED) is 0.837. The van der Waals surface area contributed by atoms with E-state index in [1.165, 1.54) is 4.90 Å². The molecule has 1 N–H and O–H groups in total. The predicted octanol–water partition coefficient (Wildman–Crippen LogP) is 1.55. The second kappa shape index (κ2) is 5.53. The van der Waals surface area contributed by atoms with E-state index in [9.17, 15) is 14.7 Å². The lowest BCUT2D eigenvalue weighted by Crippen LogP contribution is -2.39. The minimum atomic E-state index is -0.664. The zero-order valence-electron chi connectivity index (χ0n) is 11.2. The standard InChI is InChI=1S/C15H19NO3/c1-10(2)13(17)9-16-14(18)8-12(15(16)19)11-6-4-3-5-7-11/h3-7,10,12-13,17H,8-9H2,1-2H3. The second-order valence-corrected chi connectivity index (χ2v) is 5.32. The first-order valence-electron chi connectivity index (χ1n) is 6.58. The van der Waals surface area contributed by atoms with Crippen LogP contribution in [0.25, 0.3) is 0 Å². The Morgan fingerprint density at radius 2 is 1.89 bits per heavy atom. The van der Waals surface area contributed by atoms with Gasteiger partial charge in [0.05, 0.1) is 18.6 Å². The van der Waals surface area contributed by atoms with Crippen molar-refractivity contribution in [1.29, 1.82) is 0 Å². The van der Waals surface area contributed by atoms with Crippen LogP contribution < -0.4 is 0 Å². The van der Waals surface area contributed by atoms with Gasteiger partial charge in [0.2, 0.25) is 11.8 Å². The summed E-state index contributed by atoms with van der Waals surface area (Å²) in [6, 6.07) is 9.32. The summed E-state index contributed by atoms with van der Waals surface area (Å²) in [6.07, 6.45) is -0.462. The van der Waals surface area contributed by atoms with E-state index in [1.807, 2.05) is 44.2 Å². The topological polar surface area (TPSA) is 57.6 Å². The van der Waals surface area contributed by atoms with Gasteiger partial charge in [0.15, 0.2) is 0 Å². The molecule has 1 saturated heterocycles. The molecule has 2 amide bonds. The highest BCUT2D eigenvalue weighted by molar-refractivity contribution is 6.06. The zero-order valence-corrected chi connectivity index (χ0v) is 11.2. The summed E-state index contributed by atoms with van der Waals surface area (Å²) in [4.78, 5) is 25.4. The molecule has 1 aliphatic heterocycles. The zero-order chi connectivity index (χ0) is 14.0.